The van der Waals surface area contributed by atoms with Crippen molar-refractivity contribution in [2.24, 2.45) is 0 Å². The van der Waals surface area contributed by atoms with Gasteiger partial charge in [-0.3, -0.25) is 0 Å². The second-order valence-corrected chi connectivity index (χ2v) is 4.74. The van der Waals surface area contributed by atoms with Crippen molar-refractivity contribution in [2.45, 2.75) is 6.92 Å². The Morgan fingerprint density at radius 1 is 1.05 bits per heavy atom. The smallest absolute Gasteiger partial charge is 0.344 e. The highest BCUT2D eigenvalue weighted by atomic mass is 16.4. The molecule has 0 atom stereocenters. The molecule has 1 heterocycles. The summed E-state index contributed by atoms with van der Waals surface area (Å²) < 4.78 is 5.31. The molecule has 1 N–H and O–H groups in total. The maximum atomic E-state index is 12.3. The van der Waals surface area contributed by atoms with E-state index in [-0.39, 0.29) is 5.56 Å². The molecule has 0 fully saturated rings. The molecule has 0 spiro atoms. The molecule has 0 aliphatic heterocycles. The first kappa shape index (κ1) is 13.1. The average Bonchev–Trinajstić information content (AvgIpc) is 2.47. The van der Waals surface area contributed by atoms with Crippen molar-refractivity contribution in [3.63, 3.8) is 0 Å². The molecule has 4 nitrogen and oxygen atoms in total. The van der Waals surface area contributed by atoms with Gasteiger partial charge < -0.3 is 9.52 Å². The Hall–Kier alpha value is -2.88. The van der Waals surface area contributed by atoms with Gasteiger partial charge in [-0.1, -0.05) is 36.4 Å². The van der Waals surface area contributed by atoms with E-state index in [2.05, 4.69) is 0 Å². The molecule has 1 aromatic heterocycles. The molecule has 21 heavy (non-hydrogen) atoms. The zero-order chi connectivity index (χ0) is 15.0. The minimum atomic E-state index is -1.07. The zero-order valence-corrected chi connectivity index (χ0v) is 11.3. The SMILES string of the molecule is Cc1c(-c2ccccc2C(=O)O)c(=O)oc2ccccc12. The fraction of sp³-hybridized carbons (Fsp3) is 0.0588. The largest absolute Gasteiger partial charge is 0.478 e. The van der Waals surface area contributed by atoms with E-state index in [4.69, 9.17) is 4.42 Å². The normalized spacial score (nSPS) is 10.7. The summed E-state index contributed by atoms with van der Waals surface area (Å²) >= 11 is 0. The van der Waals surface area contributed by atoms with Crippen molar-refractivity contribution in [3.8, 4) is 11.1 Å². The average molecular weight is 280 g/mol. The van der Waals surface area contributed by atoms with E-state index in [1.165, 1.54) is 6.07 Å². The summed E-state index contributed by atoms with van der Waals surface area (Å²) in [6.45, 7) is 1.80. The van der Waals surface area contributed by atoms with E-state index in [9.17, 15) is 14.7 Å². The Morgan fingerprint density at radius 2 is 1.71 bits per heavy atom. The van der Waals surface area contributed by atoms with Crippen molar-refractivity contribution in [2.75, 3.05) is 0 Å². The quantitative estimate of drug-likeness (QED) is 0.730. The van der Waals surface area contributed by atoms with Gasteiger partial charge in [0.05, 0.1) is 11.1 Å². The van der Waals surface area contributed by atoms with E-state index < -0.39 is 11.6 Å². The van der Waals surface area contributed by atoms with Gasteiger partial charge in [-0.2, -0.15) is 0 Å². The lowest BCUT2D eigenvalue weighted by molar-refractivity contribution is 0.0697. The number of benzene rings is 2. The third kappa shape index (κ3) is 2.10. The highest BCUT2D eigenvalue weighted by Gasteiger charge is 2.18. The van der Waals surface area contributed by atoms with Crippen LogP contribution in [0.4, 0.5) is 0 Å². The van der Waals surface area contributed by atoms with Crippen LogP contribution in [0.25, 0.3) is 22.1 Å². The number of hydrogen-bond acceptors (Lipinski definition) is 3. The Morgan fingerprint density at radius 3 is 2.48 bits per heavy atom. The van der Waals surface area contributed by atoms with Crippen LogP contribution < -0.4 is 5.63 Å². The van der Waals surface area contributed by atoms with Gasteiger partial charge in [0.2, 0.25) is 0 Å². The van der Waals surface area contributed by atoms with E-state index in [0.717, 1.165) is 10.9 Å². The van der Waals surface area contributed by atoms with Crippen LogP contribution in [0.15, 0.2) is 57.7 Å². The minimum absolute atomic E-state index is 0.0863. The van der Waals surface area contributed by atoms with Crippen LogP contribution in [0.5, 0.6) is 0 Å². The summed E-state index contributed by atoms with van der Waals surface area (Å²) in [6, 6.07) is 13.6. The molecule has 0 saturated heterocycles. The Bertz CT molecular complexity index is 906. The van der Waals surface area contributed by atoms with E-state index in [0.29, 0.717) is 16.7 Å². The lowest BCUT2D eigenvalue weighted by Crippen LogP contribution is -2.09. The number of aromatic carboxylic acids is 1. The Kier molecular flexibility index (Phi) is 3.06. The van der Waals surface area contributed by atoms with Crippen LogP contribution in [-0.4, -0.2) is 11.1 Å². The third-order valence-corrected chi connectivity index (χ3v) is 3.50. The van der Waals surface area contributed by atoms with E-state index >= 15 is 0 Å². The monoisotopic (exact) mass is 280 g/mol. The van der Waals surface area contributed by atoms with Crippen molar-refractivity contribution in [1.29, 1.82) is 0 Å². The Labute approximate surface area is 120 Å². The fourth-order valence-electron chi connectivity index (χ4n) is 2.50. The second-order valence-electron chi connectivity index (χ2n) is 4.74. The first-order valence-corrected chi connectivity index (χ1v) is 6.44. The van der Waals surface area contributed by atoms with Crippen LogP contribution in [0, 0.1) is 6.92 Å². The molecule has 0 aliphatic carbocycles. The number of aryl methyl sites for hydroxylation is 1. The molecular weight excluding hydrogens is 268 g/mol. The summed E-state index contributed by atoms with van der Waals surface area (Å²) in [5.74, 6) is -1.07. The molecule has 0 aliphatic rings. The standard InChI is InChI=1S/C17H12O4/c1-10-11-6-4-5-9-14(11)21-17(20)15(10)12-7-2-3-8-13(12)16(18)19/h2-9H,1H3,(H,18,19). The number of carbonyl (C=O) groups is 1. The lowest BCUT2D eigenvalue weighted by atomic mass is 9.96. The van der Waals surface area contributed by atoms with Crippen molar-refractivity contribution < 1.29 is 14.3 Å². The molecular formula is C17H12O4. The van der Waals surface area contributed by atoms with Crippen molar-refractivity contribution in [3.05, 3.63) is 70.1 Å². The van der Waals surface area contributed by atoms with Gasteiger partial charge in [0, 0.05) is 10.9 Å². The molecule has 0 radical (unpaired) electrons. The van der Waals surface area contributed by atoms with Gasteiger partial charge in [0.1, 0.15) is 5.58 Å². The predicted molar refractivity (Wildman–Crippen MR) is 79.6 cm³/mol. The van der Waals surface area contributed by atoms with Gasteiger partial charge in [-0.15, -0.1) is 0 Å². The molecule has 0 saturated carbocycles. The van der Waals surface area contributed by atoms with E-state index in [1.54, 1.807) is 37.3 Å². The molecule has 0 unspecified atom stereocenters. The predicted octanol–water partition coefficient (Wildman–Crippen LogP) is 3.47. The van der Waals surface area contributed by atoms with Crippen LogP contribution in [-0.2, 0) is 0 Å². The maximum absolute atomic E-state index is 12.3. The van der Waals surface area contributed by atoms with E-state index in [1.807, 2.05) is 12.1 Å². The van der Waals surface area contributed by atoms with Gasteiger partial charge in [-0.25, -0.2) is 9.59 Å². The highest BCUT2D eigenvalue weighted by Crippen LogP contribution is 2.28. The molecule has 0 bridgehead atoms. The van der Waals surface area contributed by atoms with Crippen LogP contribution in [0.2, 0.25) is 0 Å². The summed E-state index contributed by atoms with van der Waals surface area (Å²) in [4.78, 5) is 23.6. The van der Waals surface area contributed by atoms with Gasteiger partial charge in [0.15, 0.2) is 0 Å². The number of carboxylic acid groups (broad SMARTS) is 1. The van der Waals surface area contributed by atoms with Crippen LogP contribution in [0.1, 0.15) is 15.9 Å². The topological polar surface area (TPSA) is 67.5 Å². The first-order valence-electron chi connectivity index (χ1n) is 6.44. The molecule has 3 rings (SSSR count). The summed E-state index contributed by atoms with van der Waals surface area (Å²) in [5.41, 5.74) is 1.45. The summed E-state index contributed by atoms with van der Waals surface area (Å²) in [6.07, 6.45) is 0. The summed E-state index contributed by atoms with van der Waals surface area (Å²) in [5, 5.41) is 10.1. The van der Waals surface area contributed by atoms with Crippen molar-refractivity contribution in [1.82, 2.24) is 0 Å². The minimum Gasteiger partial charge on any atom is -0.478 e. The fourth-order valence-corrected chi connectivity index (χ4v) is 2.50. The molecule has 2 aromatic carbocycles. The molecule has 4 heteroatoms. The highest BCUT2D eigenvalue weighted by molar-refractivity contribution is 5.98. The van der Waals surface area contributed by atoms with Crippen LogP contribution in [0.3, 0.4) is 0 Å². The number of carboxylic acids is 1. The van der Waals surface area contributed by atoms with Gasteiger partial charge in [0.25, 0.3) is 0 Å². The Balaban J connectivity index is 2.41. The van der Waals surface area contributed by atoms with Crippen LogP contribution >= 0.6 is 0 Å². The van der Waals surface area contributed by atoms with Gasteiger partial charge >= 0.3 is 11.6 Å². The number of para-hydroxylation sites is 1. The lowest BCUT2D eigenvalue weighted by Gasteiger charge is -2.10. The molecule has 3 aromatic rings. The number of rotatable bonds is 2. The third-order valence-electron chi connectivity index (χ3n) is 3.50. The summed E-state index contributed by atoms with van der Waals surface area (Å²) in [7, 11) is 0. The molecule has 0 amide bonds. The zero-order valence-electron chi connectivity index (χ0n) is 11.3. The molecule has 104 valence electrons. The number of fused-ring (bicyclic) bond motifs is 1. The van der Waals surface area contributed by atoms with Crippen molar-refractivity contribution >= 4 is 16.9 Å². The maximum Gasteiger partial charge on any atom is 0.344 e. The number of hydrogen-bond donors (Lipinski definition) is 1. The first-order chi connectivity index (χ1) is 10.1. The second kappa shape index (κ2) is 4.90. The van der Waals surface area contributed by atoms with Gasteiger partial charge in [-0.05, 0) is 24.6 Å².